The first-order valence-corrected chi connectivity index (χ1v) is 7.31. The standard InChI is InChI=1S/C15H11ClN2OS/c1-9-6-8-20-14(9)15(19)18-12-5-4-11(16)13-10(12)3-2-7-17-13/h2-8H,1H3,(H,18,19). The van der Waals surface area contributed by atoms with Crippen LogP contribution in [0.5, 0.6) is 0 Å². The summed E-state index contributed by atoms with van der Waals surface area (Å²) in [6.07, 6.45) is 1.68. The molecule has 20 heavy (non-hydrogen) atoms. The molecule has 100 valence electrons. The summed E-state index contributed by atoms with van der Waals surface area (Å²) < 4.78 is 0. The number of rotatable bonds is 2. The molecule has 1 amide bonds. The van der Waals surface area contributed by atoms with Gasteiger partial charge in [-0.25, -0.2) is 0 Å². The third-order valence-corrected chi connectivity index (χ3v) is 4.36. The van der Waals surface area contributed by atoms with Crippen LogP contribution in [0.4, 0.5) is 5.69 Å². The molecule has 0 spiro atoms. The Morgan fingerprint density at radius 3 is 2.90 bits per heavy atom. The molecule has 0 atom stereocenters. The highest BCUT2D eigenvalue weighted by molar-refractivity contribution is 7.12. The van der Waals surface area contributed by atoms with Crippen LogP contribution in [0.1, 0.15) is 15.2 Å². The van der Waals surface area contributed by atoms with Crippen molar-refractivity contribution in [1.29, 1.82) is 0 Å². The van der Waals surface area contributed by atoms with Crippen LogP contribution in [0.15, 0.2) is 41.9 Å². The zero-order valence-corrected chi connectivity index (χ0v) is 12.3. The lowest BCUT2D eigenvalue weighted by atomic mass is 10.1. The van der Waals surface area contributed by atoms with Crippen molar-refractivity contribution >= 4 is 45.4 Å². The third kappa shape index (κ3) is 2.28. The van der Waals surface area contributed by atoms with Crippen molar-refractivity contribution in [3.8, 4) is 0 Å². The van der Waals surface area contributed by atoms with E-state index in [-0.39, 0.29) is 5.91 Å². The van der Waals surface area contributed by atoms with Crippen molar-refractivity contribution in [2.75, 3.05) is 5.32 Å². The van der Waals surface area contributed by atoms with Crippen LogP contribution in [-0.2, 0) is 0 Å². The zero-order chi connectivity index (χ0) is 14.1. The Hall–Kier alpha value is -1.91. The second-order valence-corrected chi connectivity index (χ2v) is 5.70. The number of nitrogens with one attached hydrogen (secondary N) is 1. The van der Waals surface area contributed by atoms with Gasteiger partial charge in [0, 0.05) is 11.6 Å². The van der Waals surface area contributed by atoms with Gasteiger partial charge < -0.3 is 5.32 Å². The summed E-state index contributed by atoms with van der Waals surface area (Å²) in [5.74, 6) is -0.107. The second kappa shape index (κ2) is 5.23. The summed E-state index contributed by atoms with van der Waals surface area (Å²) in [6.45, 7) is 1.92. The summed E-state index contributed by atoms with van der Waals surface area (Å²) in [6, 6.07) is 9.19. The summed E-state index contributed by atoms with van der Waals surface area (Å²) in [5.41, 5.74) is 2.38. The van der Waals surface area contributed by atoms with E-state index in [2.05, 4.69) is 10.3 Å². The molecule has 0 aliphatic rings. The molecule has 2 aromatic heterocycles. The number of aromatic nitrogens is 1. The Morgan fingerprint density at radius 1 is 1.30 bits per heavy atom. The number of carbonyl (C=O) groups excluding carboxylic acids is 1. The van der Waals surface area contributed by atoms with Gasteiger partial charge in [-0.2, -0.15) is 0 Å². The predicted molar refractivity (Wildman–Crippen MR) is 83.8 cm³/mol. The summed E-state index contributed by atoms with van der Waals surface area (Å²) >= 11 is 7.55. The molecule has 0 saturated carbocycles. The summed E-state index contributed by atoms with van der Waals surface area (Å²) in [5, 5.41) is 6.25. The first-order chi connectivity index (χ1) is 9.66. The topological polar surface area (TPSA) is 42.0 Å². The Balaban J connectivity index is 2.02. The number of anilines is 1. The molecule has 5 heteroatoms. The average Bonchev–Trinajstić information content (AvgIpc) is 2.88. The molecule has 0 aliphatic carbocycles. The van der Waals surface area contributed by atoms with Crippen LogP contribution < -0.4 is 5.32 Å². The quantitative estimate of drug-likeness (QED) is 0.756. The lowest BCUT2D eigenvalue weighted by Crippen LogP contribution is -2.11. The molecule has 0 fully saturated rings. The third-order valence-electron chi connectivity index (χ3n) is 3.04. The fourth-order valence-corrected chi connectivity index (χ4v) is 3.07. The molecule has 0 radical (unpaired) electrons. The van der Waals surface area contributed by atoms with Crippen LogP contribution in [0.25, 0.3) is 10.9 Å². The normalized spacial score (nSPS) is 10.7. The minimum Gasteiger partial charge on any atom is -0.321 e. The first-order valence-electron chi connectivity index (χ1n) is 6.05. The van der Waals surface area contributed by atoms with Crippen LogP contribution in [0, 0.1) is 6.92 Å². The van der Waals surface area contributed by atoms with Crippen LogP contribution in [0.3, 0.4) is 0 Å². The number of nitrogens with zero attached hydrogens (tertiary/aromatic N) is 1. The molecular weight excluding hydrogens is 292 g/mol. The number of halogens is 1. The van der Waals surface area contributed by atoms with Crippen molar-refractivity contribution in [3.05, 3.63) is 57.4 Å². The van der Waals surface area contributed by atoms with Gasteiger partial charge in [-0.05, 0) is 48.2 Å². The predicted octanol–water partition coefficient (Wildman–Crippen LogP) is 4.51. The SMILES string of the molecule is Cc1ccsc1C(=O)Nc1ccc(Cl)c2ncccc12. The van der Waals surface area contributed by atoms with E-state index in [1.54, 1.807) is 18.3 Å². The molecule has 3 rings (SSSR count). The number of hydrogen-bond donors (Lipinski definition) is 1. The van der Waals surface area contributed by atoms with Crippen LogP contribution in [-0.4, -0.2) is 10.9 Å². The Labute approximate surface area is 125 Å². The molecule has 3 nitrogen and oxygen atoms in total. The molecule has 3 aromatic rings. The first kappa shape index (κ1) is 13.1. The maximum absolute atomic E-state index is 12.3. The Kier molecular flexibility index (Phi) is 3.42. The molecule has 1 N–H and O–H groups in total. The van der Waals surface area contributed by atoms with E-state index in [0.29, 0.717) is 10.5 Å². The van der Waals surface area contributed by atoms with E-state index in [1.165, 1.54) is 11.3 Å². The second-order valence-electron chi connectivity index (χ2n) is 4.38. The number of hydrogen-bond acceptors (Lipinski definition) is 3. The van der Waals surface area contributed by atoms with E-state index in [4.69, 9.17) is 11.6 Å². The molecule has 0 bridgehead atoms. The van der Waals surface area contributed by atoms with E-state index in [0.717, 1.165) is 21.5 Å². The number of benzene rings is 1. The van der Waals surface area contributed by atoms with E-state index >= 15 is 0 Å². The molecule has 0 aliphatic heterocycles. The van der Waals surface area contributed by atoms with Gasteiger partial charge >= 0.3 is 0 Å². The summed E-state index contributed by atoms with van der Waals surface area (Å²) in [7, 11) is 0. The number of aryl methyl sites for hydroxylation is 1. The van der Waals surface area contributed by atoms with Crippen LogP contribution >= 0.6 is 22.9 Å². The fraction of sp³-hybridized carbons (Fsp3) is 0.0667. The smallest absolute Gasteiger partial charge is 0.266 e. The van der Waals surface area contributed by atoms with Gasteiger partial charge in [-0.15, -0.1) is 11.3 Å². The molecule has 0 saturated heterocycles. The molecular formula is C15H11ClN2OS. The lowest BCUT2D eigenvalue weighted by molar-refractivity contribution is 0.103. The number of amides is 1. The Bertz CT molecular complexity index is 797. The Morgan fingerprint density at radius 2 is 2.15 bits per heavy atom. The monoisotopic (exact) mass is 302 g/mol. The number of fused-ring (bicyclic) bond motifs is 1. The zero-order valence-electron chi connectivity index (χ0n) is 10.7. The highest BCUT2D eigenvalue weighted by Crippen LogP contribution is 2.28. The lowest BCUT2D eigenvalue weighted by Gasteiger charge is -2.09. The van der Waals surface area contributed by atoms with Crippen molar-refractivity contribution in [2.24, 2.45) is 0 Å². The van der Waals surface area contributed by atoms with Gasteiger partial charge in [-0.1, -0.05) is 11.6 Å². The number of pyridine rings is 1. The van der Waals surface area contributed by atoms with Gasteiger partial charge in [0.1, 0.15) is 0 Å². The number of thiophene rings is 1. The maximum Gasteiger partial charge on any atom is 0.266 e. The molecule has 2 heterocycles. The maximum atomic E-state index is 12.3. The molecule has 1 aromatic carbocycles. The molecule has 0 unspecified atom stereocenters. The fourth-order valence-electron chi connectivity index (χ4n) is 2.03. The van der Waals surface area contributed by atoms with Crippen molar-refractivity contribution in [1.82, 2.24) is 4.98 Å². The van der Waals surface area contributed by atoms with Crippen molar-refractivity contribution in [3.63, 3.8) is 0 Å². The van der Waals surface area contributed by atoms with Crippen molar-refractivity contribution < 1.29 is 4.79 Å². The van der Waals surface area contributed by atoms with Gasteiger partial charge in [0.15, 0.2) is 0 Å². The van der Waals surface area contributed by atoms with Crippen molar-refractivity contribution in [2.45, 2.75) is 6.92 Å². The number of carbonyl (C=O) groups is 1. The largest absolute Gasteiger partial charge is 0.321 e. The van der Waals surface area contributed by atoms with E-state index in [9.17, 15) is 4.79 Å². The summed E-state index contributed by atoms with van der Waals surface area (Å²) in [4.78, 5) is 17.2. The van der Waals surface area contributed by atoms with Gasteiger partial charge in [0.25, 0.3) is 5.91 Å². The van der Waals surface area contributed by atoms with Gasteiger partial charge in [0.2, 0.25) is 0 Å². The van der Waals surface area contributed by atoms with E-state index in [1.807, 2.05) is 30.5 Å². The average molecular weight is 303 g/mol. The van der Waals surface area contributed by atoms with Crippen LogP contribution in [0.2, 0.25) is 5.02 Å². The minimum atomic E-state index is -0.107. The minimum absolute atomic E-state index is 0.107. The van der Waals surface area contributed by atoms with Gasteiger partial charge in [-0.3, -0.25) is 9.78 Å². The highest BCUT2D eigenvalue weighted by atomic mass is 35.5. The highest BCUT2D eigenvalue weighted by Gasteiger charge is 2.13. The van der Waals surface area contributed by atoms with E-state index < -0.39 is 0 Å². The van der Waals surface area contributed by atoms with Gasteiger partial charge in [0.05, 0.1) is 21.1 Å².